The molecule has 108 valence electrons. The number of carbonyl (C=O) groups excluding carboxylic acids is 1. The Kier molecular flexibility index (Phi) is 3.56. The van der Waals surface area contributed by atoms with E-state index in [4.69, 9.17) is 4.74 Å². The SMILES string of the molecule is O=C(N[C@@H]1CCOc2ccccc21)c1c(F)cccc1F. The smallest absolute Gasteiger partial charge is 0.257 e. The molecule has 1 aliphatic rings. The number of carbonyl (C=O) groups is 1. The van der Waals surface area contributed by atoms with Gasteiger partial charge in [-0.25, -0.2) is 8.78 Å². The fraction of sp³-hybridized carbons (Fsp3) is 0.188. The van der Waals surface area contributed by atoms with Crippen LogP contribution in [0.1, 0.15) is 28.4 Å². The third-order valence-corrected chi connectivity index (χ3v) is 3.45. The first-order valence-corrected chi connectivity index (χ1v) is 6.63. The van der Waals surface area contributed by atoms with Gasteiger partial charge >= 0.3 is 0 Å². The number of nitrogens with one attached hydrogen (secondary N) is 1. The van der Waals surface area contributed by atoms with Crippen LogP contribution >= 0.6 is 0 Å². The lowest BCUT2D eigenvalue weighted by Crippen LogP contribution is -2.33. The van der Waals surface area contributed by atoms with E-state index in [9.17, 15) is 13.6 Å². The summed E-state index contributed by atoms with van der Waals surface area (Å²) in [5.74, 6) is -1.81. The number of rotatable bonds is 2. The number of amides is 1. The Morgan fingerprint density at radius 3 is 2.57 bits per heavy atom. The van der Waals surface area contributed by atoms with E-state index in [0.717, 1.165) is 17.7 Å². The number of ether oxygens (including phenoxy) is 1. The first-order valence-electron chi connectivity index (χ1n) is 6.63. The summed E-state index contributed by atoms with van der Waals surface area (Å²) < 4.78 is 32.7. The lowest BCUT2D eigenvalue weighted by molar-refractivity contribution is 0.0916. The van der Waals surface area contributed by atoms with Gasteiger partial charge in [-0.15, -0.1) is 0 Å². The van der Waals surface area contributed by atoms with Gasteiger partial charge in [0.2, 0.25) is 0 Å². The molecule has 0 aliphatic carbocycles. The van der Waals surface area contributed by atoms with Crippen molar-refractivity contribution in [2.75, 3.05) is 6.61 Å². The number of fused-ring (bicyclic) bond motifs is 1. The van der Waals surface area contributed by atoms with Crippen LogP contribution in [-0.2, 0) is 0 Å². The fourth-order valence-electron chi connectivity index (χ4n) is 2.44. The predicted molar refractivity (Wildman–Crippen MR) is 73.1 cm³/mol. The van der Waals surface area contributed by atoms with Gasteiger partial charge in [0.15, 0.2) is 0 Å². The van der Waals surface area contributed by atoms with Crippen LogP contribution in [-0.4, -0.2) is 12.5 Å². The van der Waals surface area contributed by atoms with Crippen molar-refractivity contribution in [1.82, 2.24) is 5.32 Å². The molecule has 0 fully saturated rings. The average molecular weight is 289 g/mol. The maximum atomic E-state index is 13.6. The van der Waals surface area contributed by atoms with E-state index < -0.39 is 23.1 Å². The van der Waals surface area contributed by atoms with Gasteiger partial charge in [0.05, 0.1) is 12.6 Å². The third-order valence-electron chi connectivity index (χ3n) is 3.45. The molecule has 5 heteroatoms. The summed E-state index contributed by atoms with van der Waals surface area (Å²) in [6.07, 6.45) is 0.554. The van der Waals surface area contributed by atoms with Crippen molar-refractivity contribution in [2.24, 2.45) is 0 Å². The largest absolute Gasteiger partial charge is 0.493 e. The van der Waals surface area contributed by atoms with Crippen LogP contribution in [0.15, 0.2) is 42.5 Å². The monoisotopic (exact) mass is 289 g/mol. The highest BCUT2D eigenvalue weighted by atomic mass is 19.1. The molecule has 1 amide bonds. The van der Waals surface area contributed by atoms with Crippen LogP contribution in [0.3, 0.4) is 0 Å². The summed E-state index contributed by atoms with van der Waals surface area (Å²) in [6, 6.07) is 10.3. The van der Waals surface area contributed by atoms with Crippen LogP contribution in [0.2, 0.25) is 0 Å². The fourth-order valence-corrected chi connectivity index (χ4v) is 2.44. The Morgan fingerprint density at radius 2 is 1.81 bits per heavy atom. The Hall–Kier alpha value is -2.43. The molecule has 0 aromatic heterocycles. The maximum Gasteiger partial charge on any atom is 0.257 e. The number of hydrogen-bond acceptors (Lipinski definition) is 2. The molecule has 0 radical (unpaired) electrons. The number of para-hydroxylation sites is 1. The van der Waals surface area contributed by atoms with Gasteiger partial charge in [0, 0.05) is 12.0 Å². The Labute approximate surface area is 120 Å². The lowest BCUT2D eigenvalue weighted by atomic mass is 10.00. The van der Waals surface area contributed by atoms with Crippen molar-refractivity contribution in [3.05, 3.63) is 65.2 Å². The zero-order chi connectivity index (χ0) is 14.8. The minimum absolute atomic E-state index is 0.318. The predicted octanol–water partition coefficient (Wildman–Crippen LogP) is 3.22. The molecule has 21 heavy (non-hydrogen) atoms. The van der Waals surface area contributed by atoms with Crippen LogP contribution in [0.4, 0.5) is 8.78 Å². The number of halogens is 2. The first kappa shape index (κ1) is 13.5. The van der Waals surface area contributed by atoms with E-state index in [0.29, 0.717) is 18.8 Å². The van der Waals surface area contributed by atoms with E-state index in [-0.39, 0.29) is 6.04 Å². The normalized spacial score (nSPS) is 16.8. The second-order valence-corrected chi connectivity index (χ2v) is 4.80. The van der Waals surface area contributed by atoms with Crippen LogP contribution in [0, 0.1) is 11.6 Å². The lowest BCUT2D eigenvalue weighted by Gasteiger charge is -2.26. The number of hydrogen-bond donors (Lipinski definition) is 1. The topological polar surface area (TPSA) is 38.3 Å². The van der Waals surface area contributed by atoms with Gasteiger partial charge in [-0.05, 0) is 18.2 Å². The molecular weight excluding hydrogens is 276 g/mol. The molecule has 2 aromatic rings. The van der Waals surface area contributed by atoms with Crippen molar-refractivity contribution < 1.29 is 18.3 Å². The third kappa shape index (κ3) is 2.59. The molecule has 1 aliphatic heterocycles. The number of benzene rings is 2. The minimum atomic E-state index is -0.868. The minimum Gasteiger partial charge on any atom is -0.493 e. The standard InChI is InChI=1S/C16H13F2NO2/c17-11-5-3-6-12(18)15(11)16(20)19-13-8-9-21-14-7-2-1-4-10(13)14/h1-7,13H,8-9H2,(H,19,20)/t13-/m1/s1. The molecule has 3 rings (SSSR count). The van der Waals surface area contributed by atoms with Crippen molar-refractivity contribution in [3.8, 4) is 5.75 Å². The summed E-state index contributed by atoms with van der Waals surface area (Å²) in [7, 11) is 0. The van der Waals surface area contributed by atoms with Crippen molar-refractivity contribution in [1.29, 1.82) is 0 Å². The molecule has 0 unspecified atom stereocenters. The van der Waals surface area contributed by atoms with Gasteiger partial charge in [0.25, 0.3) is 5.91 Å². The van der Waals surface area contributed by atoms with Crippen molar-refractivity contribution in [3.63, 3.8) is 0 Å². The molecule has 2 aromatic carbocycles. The quantitative estimate of drug-likeness (QED) is 0.922. The molecule has 0 bridgehead atoms. The van der Waals surface area contributed by atoms with Crippen LogP contribution in [0.25, 0.3) is 0 Å². The molecule has 1 heterocycles. The molecule has 1 N–H and O–H groups in total. The van der Waals surface area contributed by atoms with E-state index in [1.54, 1.807) is 6.07 Å². The summed E-state index contributed by atoms with van der Waals surface area (Å²) >= 11 is 0. The zero-order valence-electron chi connectivity index (χ0n) is 11.1. The van der Waals surface area contributed by atoms with Gasteiger partial charge in [-0.3, -0.25) is 4.79 Å². The maximum absolute atomic E-state index is 13.6. The van der Waals surface area contributed by atoms with E-state index in [2.05, 4.69) is 5.32 Å². The highest BCUT2D eigenvalue weighted by Crippen LogP contribution is 2.31. The zero-order valence-corrected chi connectivity index (χ0v) is 11.1. The molecule has 1 atom stereocenters. The molecule has 0 saturated heterocycles. The second kappa shape index (κ2) is 5.52. The highest BCUT2D eigenvalue weighted by Gasteiger charge is 2.25. The van der Waals surface area contributed by atoms with Crippen molar-refractivity contribution >= 4 is 5.91 Å². The van der Waals surface area contributed by atoms with E-state index in [1.165, 1.54) is 6.07 Å². The Bertz CT molecular complexity index is 667. The Balaban J connectivity index is 1.86. The van der Waals surface area contributed by atoms with Gasteiger partial charge in [-0.1, -0.05) is 24.3 Å². The van der Waals surface area contributed by atoms with Crippen LogP contribution in [0.5, 0.6) is 5.75 Å². The van der Waals surface area contributed by atoms with Gasteiger partial charge in [0.1, 0.15) is 22.9 Å². The first-order chi connectivity index (χ1) is 10.2. The highest BCUT2D eigenvalue weighted by molar-refractivity contribution is 5.95. The van der Waals surface area contributed by atoms with Crippen LogP contribution < -0.4 is 10.1 Å². The summed E-state index contributed by atoms with van der Waals surface area (Å²) in [6.45, 7) is 0.446. The Morgan fingerprint density at radius 1 is 1.10 bits per heavy atom. The second-order valence-electron chi connectivity index (χ2n) is 4.80. The van der Waals surface area contributed by atoms with Crippen molar-refractivity contribution in [2.45, 2.75) is 12.5 Å². The molecule has 0 spiro atoms. The molecule has 3 nitrogen and oxygen atoms in total. The van der Waals surface area contributed by atoms with E-state index >= 15 is 0 Å². The average Bonchev–Trinajstić information content (AvgIpc) is 2.47. The summed E-state index contributed by atoms with van der Waals surface area (Å²) in [5.41, 5.74) is 0.260. The van der Waals surface area contributed by atoms with E-state index in [1.807, 2.05) is 18.2 Å². The van der Waals surface area contributed by atoms with Gasteiger partial charge < -0.3 is 10.1 Å². The van der Waals surface area contributed by atoms with Gasteiger partial charge in [-0.2, -0.15) is 0 Å². The molecule has 0 saturated carbocycles. The summed E-state index contributed by atoms with van der Waals surface area (Å²) in [5, 5.41) is 2.67. The summed E-state index contributed by atoms with van der Waals surface area (Å²) in [4.78, 5) is 12.1. The molecular formula is C16H13F2NO2.